The van der Waals surface area contributed by atoms with Crippen molar-refractivity contribution in [3.8, 4) is 0 Å². The van der Waals surface area contributed by atoms with Crippen molar-refractivity contribution in [2.24, 2.45) is 5.92 Å². The van der Waals surface area contributed by atoms with Gasteiger partial charge in [-0.05, 0) is 19.9 Å². The Labute approximate surface area is 125 Å². The summed E-state index contributed by atoms with van der Waals surface area (Å²) in [7, 11) is 2.06. The molecule has 2 fully saturated rings. The van der Waals surface area contributed by atoms with Crippen LogP contribution in [0.3, 0.4) is 0 Å². The smallest absolute Gasteiger partial charge is 0.329 e. The molecule has 3 N–H and O–H groups in total. The number of nitrogens with one attached hydrogen (secondary N) is 2. The van der Waals surface area contributed by atoms with Crippen molar-refractivity contribution < 1.29 is 14.7 Å². The quantitative estimate of drug-likeness (QED) is 0.660. The van der Waals surface area contributed by atoms with Gasteiger partial charge in [-0.15, -0.1) is 0 Å². The minimum absolute atomic E-state index is 0.266. The highest BCUT2D eigenvalue weighted by atomic mass is 16.4. The summed E-state index contributed by atoms with van der Waals surface area (Å²) < 4.78 is 0. The van der Waals surface area contributed by atoms with E-state index in [0.717, 1.165) is 51.9 Å². The van der Waals surface area contributed by atoms with Crippen LogP contribution in [0.1, 0.15) is 32.1 Å². The summed E-state index contributed by atoms with van der Waals surface area (Å²) in [5.74, 6) is -1.27. The van der Waals surface area contributed by atoms with E-state index < -0.39 is 11.9 Å². The zero-order chi connectivity index (χ0) is 15.2. The predicted octanol–water partition coefficient (Wildman–Crippen LogP) is 0.482. The summed E-state index contributed by atoms with van der Waals surface area (Å²) in [6.45, 7) is 3.41. The molecule has 2 aliphatic rings. The second kappa shape index (κ2) is 7.61. The fraction of sp³-hybridized carbons (Fsp3) is 0.857. The maximum Gasteiger partial charge on any atom is 0.329 e. The van der Waals surface area contributed by atoms with Crippen LogP contribution >= 0.6 is 0 Å². The predicted molar refractivity (Wildman–Crippen MR) is 78.7 cm³/mol. The summed E-state index contributed by atoms with van der Waals surface area (Å²) >= 11 is 0. The number of piperazine rings is 1. The standard InChI is InChI=1S/C14H26N4O3/c1-17-7-9-18(10-8-17)16-14(21)15-12-6-4-2-3-5-11(12)13(19)20/h11-12H,2-10H2,1H3,(H,19,20)(H2,15,16,21). The number of hydrogen-bond acceptors (Lipinski definition) is 4. The van der Waals surface area contributed by atoms with Crippen LogP contribution in [0, 0.1) is 5.92 Å². The van der Waals surface area contributed by atoms with Crippen molar-refractivity contribution >= 4 is 12.0 Å². The average molecular weight is 298 g/mol. The van der Waals surface area contributed by atoms with Crippen LogP contribution in [-0.4, -0.2) is 66.3 Å². The molecular formula is C14H26N4O3. The maximum atomic E-state index is 12.1. The number of rotatable bonds is 3. The van der Waals surface area contributed by atoms with Crippen LogP contribution in [0.2, 0.25) is 0 Å². The molecule has 0 aromatic carbocycles. The molecule has 1 aliphatic carbocycles. The number of hydrogen-bond donors (Lipinski definition) is 3. The largest absolute Gasteiger partial charge is 0.481 e. The van der Waals surface area contributed by atoms with Gasteiger partial charge in [-0.1, -0.05) is 19.3 Å². The van der Waals surface area contributed by atoms with Crippen LogP contribution in [0.5, 0.6) is 0 Å². The molecule has 7 heteroatoms. The molecule has 0 aromatic rings. The number of urea groups is 1. The molecule has 2 amide bonds. The second-order valence-electron chi connectivity index (χ2n) is 6.06. The molecule has 0 bridgehead atoms. The maximum absolute atomic E-state index is 12.1. The lowest BCUT2D eigenvalue weighted by molar-refractivity contribution is -0.142. The van der Waals surface area contributed by atoms with Gasteiger partial charge < -0.3 is 15.3 Å². The lowest BCUT2D eigenvalue weighted by Gasteiger charge is -2.33. The molecule has 2 atom stereocenters. The number of carboxylic acids is 1. The van der Waals surface area contributed by atoms with Gasteiger partial charge in [-0.25, -0.2) is 9.80 Å². The SMILES string of the molecule is CN1CCN(NC(=O)NC2CCCCCC2C(=O)O)CC1. The van der Waals surface area contributed by atoms with E-state index in [1.807, 2.05) is 5.01 Å². The first-order valence-electron chi connectivity index (χ1n) is 7.79. The summed E-state index contributed by atoms with van der Waals surface area (Å²) in [4.78, 5) is 25.6. The van der Waals surface area contributed by atoms with Crippen LogP contribution in [0.4, 0.5) is 4.79 Å². The Balaban J connectivity index is 1.83. The van der Waals surface area contributed by atoms with Gasteiger partial charge in [0.25, 0.3) is 0 Å². The highest BCUT2D eigenvalue weighted by Gasteiger charge is 2.31. The fourth-order valence-electron chi connectivity index (χ4n) is 3.04. The van der Waals surface area contributed by atoms with E-state index in [9.17, 15) is 14.7 Å². The third kappa shape index (κ3) is 4.86. The van der Waals surface area contributed by atoms with Gasteiger partial charge >= 0.3 is 12.0 Å². The minimum atomic E-state index is -0.804. The third-order valence-corrected chi connectivity index (χ3v) is 4.41. The molecule has 1 saturated carbocycles. The van der Waals surface area contributed by atoms with E-state index in [0.29, 0.717) is 6.42 Å². The molecule has 7 nitrogen and oxygen atoms in total. The van der Waals surface area contributed by atoms with Gasteiger partial charge in [-0.2, -0.15) is 0 Å². The Bertz CT molecular complexity index is 369. The first-order chi connectivity index (χ1) is 10.1. The van der Waals surface area contributed by atoms with Crippen molar-refractivity contribution in [2.75, 3.05) is 33.2 Å². The van der Waals surface area contributed by atoms with Crippen molar-refractivity contribution in [1.82, 2.24) is 20.7 Å². The highest BCUT2D eigenvalue weighted by Crippen LogP contribution is 2.23. The number of amides is 2. The van der Waals surface area contributed by atoms with Gasteiger partial charge in [0, 0.05) is 32.2 Å². The Kier molecular flexibility index (Phi) is 5.81. The molecule has 1 heterocycles. The zero-order valence-corrected chi connectivity index (χ0v) is 12.7. The van der Waals surface area contributed by atoms with Gasteiger partial charge in [-0.3, -0.25) is 10.2 Å². The average Bonchev–Trinajstić information content (AvgIpc) is 2.67. The molecular weight excluding hydrogens is 272 g/mol. The van der Waals surface area contributed by atoms with Gasteiger partial charge in [0.2, 0.25) is 0 Å². The molecule has 2 unspecified atom stereocenters. The van der Waals surface area contributed by atoms with Crippen molar-refractivity contribution in [3.05, 3.63) is 0 Å². The third-order valence-electron chi connectivity index (χ3n) is 4.41. The Morgan fingerprint density at radius 1 is 1.05 bits per heavy atom. The van der Waals surface area contributed by atoms with E-state index in [1.54, 1.807) is 0 Å². The van der Waals surface area contributed by atoms with Gasteiger partial charge in [0.1, 0.15) is 0 Å². The molecule has 21 heavy (non-hydrogen) atoms. The number of carboxylic acid groups (broad SMARTS) is 1. The van der Waals surface area contributed by atoms with E-state index >= 15 is 0 Å². The monoisotopic (exact) mass is 298 g/mol. The number of aliphatic carboxylic acids is 1. The summed E-state index contributed by atoms with van der Waals surface area (Å²) in [5, 5.41) is 14.1. The van der Waals surface area contributed by atoms with E-state index in [1.165, 1.54) is 0 Å². The molecule has 120 valence electrons. The number of carbonyl (C=O) groups is 2. The van der Waals surface area contributed by atoms with Gasteiger partial charge in [0.05, 0.1) is 5.92 Å². The second-order valence-corrected chi connectivity index (χ2v) is 6.06. The number of nitrogens with zero attached hydrogens (tertiary/aromatic N) is 2. The minimum Gasteiger partial charge on any atom is -0.481 e. The van der Waals surface area contributed by atoms with Crippen LogP contribution in [-0.2, 0) is 4.79 Å². The molecule has 2 rings (SSSR count). The topological polar surface area (TPSA) is 84.9 Å². The van der Waals surface area contributed by atoms with Crippen molar-refractivity contribution in [3.63, 3.8) is 0 Å². The van der Waals surface area contributed by atoms with Crippen molar-refractivity contribution in [1.29, 1.82) is 0 Å². The van der Waals surface area contributed by atoms with E-state index in [-0.39, 0.29) is 12.1 Å². The van der Waals surface area contributed by atoms with E-state index in [4.69, 9.17) is 0 Å². The van der Waals surface area contributed by atoms with Crippen molar-refractivity contribution in [2.45, 2.75) is 38.1 Å². The number of likely N-dealkylation sites (N-methyl/N-ethyl adjacent to an activating group) is 1. The Morgan fingerprint density at radius 2 is 1.71 bits per heavy atom. The first kappa shape index (κ1) is 16.0. The Hall–Kier alpha value is -1.34. The zero-order valence-electron chi connectivity index (χ0n) is 12.7. The molecule has 1 saturated heterocycles. The lowest BCUT2D eigenvalue weighted by atomic mass is 9.95. The molecule has 0 radical (unpaired) electrons. The molecule has 1 aliphatic heterocycles. The number of hydrazine groups is 1. The Morgan fingerprint density at radius 3 is 2.38 bits per heavy atom. The normalized spacial score (nSPS) is 28.6. The molecule has 0 spiro atoms. The number of carbonyl (C=O) groups excluding carboxylic acids is 1. The van der Waals surface area contributed by atoms with E-state index in [2.05, 4.69) is 22.7 Å². The summed E-state index contributed by atoms with van der Waals surface area (Å²) in [5.41, 5.74) is 2.83. The fourth-order valence-corrected chi connectivity index (χ4v) is 3.04. The molecule has 0 aromatic heterocycles. The first-order valence-corrected chi connectivity index (χ1v) is 7.79. The van der Waals surface area contributed by atoms with Crippen LogP contribution in [0.15, 0.2) is 0 Å². The van der Waals surface area contributed by atoms with Crippen LogP contribution in [0.25, 0.3) is 0 Å². The summed E-state index contributed by atoms with van der Waals surface area (Å²) in [6.07, 6.45) is 4.34. The van der Waals surface area contributed by atoms with Crippen LogP contribution < -0.4 is 10.7 Å². The summed E-state index contributed by atoms with van der Waals surface area (Å²) in [6, 6.07) is -0.546. The van der Waals surface area contributed by atoms with Gasteiger partial charge in [0.15, 0.2) is 0 Å². The lowest BCUT2D eigenvalue weighted by Crippen LogP contribution is -2.57. The highest BCUT2D eigenvalue weighted by molar-refractivity contribution is 5.76.